The Morgan fingerprint density at radius 3 is 1.92 bits per heavy atom. The normalized spacial score (nSPS) is 14.2. The van der Waals surface area contributed by atoms with E-state index < -0.39 is 23.6 Å². The maximum absolute atomic E-state index is 13.4. The summed E-state index contributed by atoms with van der Waals surface area (Å²) in [5, 5.41) is 2.62. The fraction of sp³-hybridized carbons (Fsp3) is 0.286. The van der Waals surface area contributed by atoms with Crippen LogP contribution in [-0.2, 0) is 12.7 Å². The van der Waals surface area contributed by atoms with Crippen molar-refractivity contribution in [1.82, 2.24) is 14.7 Å². The lowest BCUT2D eigenvalue weighted by Crippen LogP contribution is -2.51. The molecule has 0 saturated carbocycles. The molecule has 0 radical (unpaired) electrons. The van der Waals surface area contributed by atoms with Gasteiger partial charge in [-0.05, 0) is 66.2 Å². The number of halogens is 5. The molecule has 11 heteroatoms. The molecule has 0 aromatic heterocycles. The standard InChI is InChI=1S/C28H27F5N4O2/c29-23-7-1-20(2-8-23)19-37(26(38)21-3-9-24(30)10-4-21)18-15-35-13-16-36(17-14-35)27(39)34-25-11-5-22(6-12-25)28(31,32)33/h1-12H,13-19H2,(H,34,39). The van der Waals surface area contributed by atoms with Crippen LogP contribution in [0.2, 0.25) is 0 Å². The highest BCUT2D eigenvalue weighted by molar-refractivity contribution is 5.94. The molecule has 39 heavy (non-hydrogen) atoms. The number of hydrogen-bond acceptors (Lipinski definition) is 3. The molecule has 1 heterocycles. The monoisotopic (exact) mass is 546 g/mol. The van der Waals surface area contributed by atoms with Crippen molar-refractivity contribution in [2.24, 2.45) is 0 Å². The van der Waals surface area contributed by atoms with Gasteiger partial charge in [0.15, 0.2) is 0 Å². The number of rotatable bonds is 7. The molecule has 6 nitrogen and oxygen atoms in total. The summed E-state index contributed by atoms with van der Waals surface area (Å²) < 4.78 is 64.9. The van der Waals surface area contributed by atoms with Crippen LogP contribution in [0, 0.1) is 11.6 Å². The zero-order valence-corrected chi connectivity index (χ0v) is 20.9. The van der Waals surface area contributed by atoms with Crippen molar-refractivity contribution in [2.45, 2.75) is 12.7 Å². The highest BCUT2D eigenvalue weighted by atomic mass is 19.4. The molecule has 3 aromatic carbocycles. The molecule has 4 rings (SSSR count). The van der Waals surface area contributed by atoms with Gasteiger partial charge in [0.05, 0.1) is 5.56 Å². The van der Waals surface area contributed by atoms with Crippen LogP contribution >= 0.6 is 0 Å². The van der Waals surface area contributed by atoms with Gasteiger partial charge in [0.1, 0.15) is 11.6 Å². The van der Waals surface area contributed by atoms with Crippen LogP contribution in [-0.4, -0.2) is 65.9 Å². The first kappa shape index (κ1) is 28.0. The highest BCUT2D eigenvalue weighted by Gasteiger charge is 2.30. The van der Waals surface area contributed by atoms with Gasteiger partial charge in [-0.3, -0.25) is 9.69 Å². The Balaban J connectivity index is 1.31. The van der Waals surface area contributed by atoms with Crippen molar-refractivity contribution >= 4 is 17.6 Å². The summed E-state index contributed by atoms with van der Waals surface area (Å²) in [4.78, 5) is 31.1. The quantitative estimate of drug-likeness (QED) is 0.400. The van der Waals surface area contributed by atoms with Gasteiger partial charge in [0.2, 0.25) is 0 Å². The Kier molecular flexibility index (Phi) is 8.80. The first-order valence-electron chi connectivity index (χ1n) is 12.3. The number of anilines is 1. The number of alkyl halides is 3. The number of carbonyl (C=O) groups excluding carboxylic acids is 2. The molecular formula is C28H27F5N4O2. The fourth-order valence-electron chi connectivity index (χ4n) is 4.22. The van der Waals surface area contributed by atoms with Gasteiger partial charge in [-0.15, -0.1) is 0 Å². The van der Waals surface area contributed by atoms with E-state index in [4.69, 9.17) is 0 Å². The highest BCUT2D eigenvalue weighted by Crippen LogP contribution is 2.29. The zero-order chi connectivity index (χ0) is 28.0. The van der Waals surface area contributed by atoms with Crippen molar-refractivity contribution in [3.8, 4) is 0 Å². The molecular weight excluding hydrogens is 519 g/mol. The minimum atomic E-state index is -4.45. The van der Waals surface area contributed by atoms with E-state index in [0.29, 0.717) is 44.8 Å². The van der Waals surface area contributed by atoms with Crippen LogP contribution in [0.15, 0.2) is 72.8 Å². The van der Waals surface area contributed by atoms with Crippen LogP contribution in [0.5, 0.6) is 0 Å². The number of amides is 3. The van der Waals surface area contributed by atoms with Gasteiger partial charge in [-0.2, -0.15) is 13.2 Å². The predicted octanol–water partition coefficient (Wildman–Crippen LogP) is 5.48. The molecule has 0 unspecified atom stereocenters. The van der Waals surface area contributed by atoms with Gasteiger partial charge >= 0.3 is 12.2 Å². The second-order valence-corrected chi connectivity index (χ2v) is 9.19. The second-order valence-electron chi connectivity index (χ2n) is 9.19. The third-order valence-corrected chi connectivity index (χ3v) is 6.47. The molecule has 0 aliphatic carbocycles. The van der Waals surface area contributed by atoms with Crippen molar-refractivity contribution in [3.05, 3.63) is 101 Å². The summed E-state index contributed by atoms with van der Waals surface area (Å²) in [5.74, 6) is -1.11. The molecule has 1 saturated heterocycles. The van der Waals surface area contributed by atoms with E-state index in [1.807, 2.05) is 0 Å². The van der Waals surface area contributed by atoms with Gasteiger partial charge < -0.3 is 15.1 Å². The van der Waals surface area contributed by atoms with E-state index in [1.165, 1.54) is 48.5 Å². The first-order chi connectivity index (χ1) is 18.6. The molecule has 0 bridgehead atoms. The first-order valence-corrected chi connectivity index (χ1v) is 12.3. The van der Waals surface area contributed by atoms with E-state index in [0.717, 1.165) is 17.7 Å². The summed E-state index contributed by atoms with van der Waals surface area (Å²) >= 11 is 0. The Morgan fingerprint density at radius 2 is 1.36 bits per heavy atom. The maximum Gasteiger partial charge on any atom is 0.416 e. The van der Waals surface area contributed by atoms with Crippen LogP contribution in [0.25, 0.3) is 0 Å². The number of nitrogens with zero attached hydrogens (tertiary/aromatic N) is 3. The summed E-state index contributed by atoms with van der Waals surface area (Å²) in [6.45, 7) is 2.98. The molecule has 1 fully saturated rings. The average Bonchev–Trinajstić information content (AvgIpc) is 2.92. The Morgan fingerprint density at radius 1 is 0.795 bits per heavy atom. The molecule has 1 aliphatic heterocycles. The number of piperazine rings is 1. The van der Waals surface area contributed by atoms with E-state index in [-0.39, 0.29) is 24.0 Å². The van der Waals surface area contributed by atoms with Crippen molar-refractivity contribution in [2.75, 3.05) is 44.6 Å². The topological polar surface area (TPSA) is 55.9 Å². The molecule has 1 N–H and O–H groups in total. The SMILES string of the molecule is O=C(Nc1ccc(C(F)(F)F)cc1)N1CCN(CCN(Cc2ccc(F)cc2)C(=O)c2ccc(F)cc2)CC1. The smallest absolute Gasteiger partial charge is 0.333 e. The van der Waals surface area contributed by atoms with E-state index in [9.17, 15) is 31.5 Å². The van der Waals surface area contributed by atoms with Crippen LogP contribution in [0.4, 0.5) is 32.4 Å². The number of benzene rings is 3. The van der Waals surface area contributed by atoms with E-state index in [2.05, 4.69) is 10.2 Å². The summed E-state index contributed by atoms with van der Waals surface area (Å²) in [5.41, 5.74) is 0.562. The lowest BCUT2D eigenvalue weighted by atomic mass is 10.1. The molecule has 0 atom stereocenters. The third kappa shape index (κ3) is 7.76. The molecule has 3 aromatic rings. The largest absolute Gasteiger partial charge is 0.416 e. The summed E-state index contributed by atoms with van der Waals surface area (Å²) in [7, 11) is 0. The Bertz CT molecular complexity index is 1260. The minimum absolute atomic E-state index is 0.242. The van der Waals surface area contributed by atoms with Crippen molar-refractivity contribution in [1.29, 1.82) is 0 Å². The Labute approximate surface area is 222 Å². The lowest BCUT2D eigenvalue weighted by Gasteiger charge is -2.36. The number of nitrogens with one attached hydrogen (secondary N) is 1. The van der Waals surface area contributed by atoms with Gasteiger partial charge in [-0.1, -0.05) is 12.1 Å². The average molecular weight is 547 g/mol. The second kappa shape index (κ2) is 12.2. The van der Waals surface area contributed by atoms with Crippen molar-refractivity contribution in [3.63, 3.8) is 0 Å². The molecule has 206 valence electrons. The molecule has 3 amide bonds. The maximum atomic E-state index is 13.4. The van der Waals surface area contributed by atoms with Crippen molar-refractivity contribution < 1.29 is 31.5 Å². The van der Waals surface area contributed by atoms with Crippen LogP contribution < -0.4 is 5.32 Å². The summed E-state index contributed by atoms with van der Waals surface area (Å²) in [6, 6.07) is 15.0. The van der Waals surface area contributed by atoms with Crippen LogP contribution in [0.3, 0.4) is 0 Å². The third-order valence-electron chi connectivity index (χ3n) is 6.47. The lowest BCUT2D eigenvalue weighted by molar-refractivity contribution is -0.137. The minimum Gasteiger partial charge on any atom is -0.333 e. The fourth-order valence-corrected chi connectivity index (χ4v) is 4.22. The summed E-state index contributed by atoms with van der Waals surface area (Å²) in [6.07, 6.45) is -4.45. The zero-order valence-electron chi connectivity index (χ0n) is 20.9. The number of hydrogen-bond donors (Lipinski definition) is 1. The van der Waals surface area contributed by atoms with Crippen LogP contribution in [0.1, 0.15) is 21.5 Å². The van der Waals surface area contributed by atoms with E-state index >= 15 is 0 Å². The Hall–Kier alpha value is -3.99. The van der Waals surface area contributed by atoms with Gasteiger partial charge in [0.25, 0.3) is 5.91 Å². The molecule has 1 aliphatic rings. The van der Waals surface area contributed by atoms with E-state index in [1.54, 1.807) is 21.9 Å². The van der Waals surface area contributed by atoms with Gasteiger partial charge in [0, 0.05) is 57.1 Å². The molecule has 0 spiro atoms. The predicted molar refractivity (Wildman–Crippen MR) is 136 cm³/mol. The number of carbonyl (C=O) groups is 2. The number of urea groups is 1. The van der Waals surface area contributed by atoms with Gasteiger partial charge in [-0.25, -0.2) is 13.6 Å².